The standard InChI is InChI=1S/C16H16FN3O4/c1-22-6-7-24-15-11(17)4-3-5-12(15)20-9-10(8-18)13(19)14(20)16(21)23-2/h3-5,9H,6-7,19H2,1-2H3. The van der Waals surface area contributed by atoms with E-state index in [2.05, 4.69) is 0 Å². The highest BCUT2D eigenvalue weighted by atomic mass is 19.1. The van der Waals surface area contributed by atoms with Crippen molar-refractivity contribution in [1.29, 1.82) is 5.26 Å². The number of halogens is 1. The van der Waals surface area contributed by atoms with Gasteiger partial charge in [-0.2, -0.15) is 5.26 Å². The van der Waals surface area contributed by atoms with E-state index in [0.29, 0.717) is 0 Å². The van der Waals surface area contributed by atoms with Gasteiger partial charge in [0.15, 0.2) is 17.3 Å². The summed E-state index contributed by atoms with van der Waals surface area (Å²) in [6.45, 7) is 0.370. The molecule has 2 rings (SSSR count). The zero-order valence-corrected chi connectivity index (χ0v) is 13.2. The zero-order chi connectivity index (χ0) is 17.7. The molecule has 7 nitrogen and oxygen atoms in total. The largest absolute Gasteiger partial charge is 0.486 e. The van der Waals surface area contributed by atoms with Gasteiger partial charge in [-0.1, -0.05) is 6.07 Å². The monoisotopic (exact) mass is 333 g/mol. The van der Waals surface area contributed by atoms with Crippen molar-refractivity contribution in [3.05, 3.63) is 41.5 Å². The Kier molecular flexibility index (Phi) is 5.39. The summed E-state index contributed by atoms with van der Waals surface area (Å²) in [5.74, 6) is -1.45. The first kappa shape index (κ1) is 17.3. The zero-order valence-electron chi connectivity index (χ0n) is 13.2. The summed E-state index contributed by atoms with van der Waals surface area (Å²) in [7, 11) is 2.68. The number of para-hydroxylation sites is 1. The Labute approximate surface area is 137 Å². The van der Waals surface area contributed by atoms with Gasteiger partial charge in [0.1, 0.15) is 12.7 Å². The fourth-order valence-corrected chi connectivity index (χ4v) is 2.16. The van der Waals surface area contributed by atoms with Crippen molar-refractivity contribution in [3.63, 3.8) is 0 Å². The molecular weight excluding hydrogens is 317 g/mol. The molecular formula is C16H16FN3O4. The number of nitriles is 1. The van der Waals surface area contributed by atoms with Gasteiger partial charge in [-0.3, -0.25) is 0 Å². The Balaban J connectivity index is 2.62. The summed E-state index contributed by atoms with van der Waals surface area (Å²) in [4.78, 5) is 12.0. The van der Waals surface area contributed by atoms with Gasteiger partial charge >= 0.3 is 5.97 Å². The topological polar surface area (TPSA) is 99.5 Å². The first-order valence-corrected chi connectivity index (χ1v) is 6.95. The van der Waals surface area contributed by atoms with Crippen LogP contribution >= 0.6 is 0 Å². The quantitative estimate of drug-likeness (QED) is 0.640. The van der Waals surface area contributed by atoms with E-state index in [4.69, 9.17) is 25.2 Å². The number of benzene rings is 1. The summed E-state index contributed by atoms with van der Waals surface area (Å²) in [6.07, 6.45) is 1.33. The fourth-order valence-electron chi connectivity index (χ4n) is 2.16. The maximum Gasteiger partial charge on any atom is 0.357 e. The molecule has 1 aromatic carbocycles. The molecule has 0 aliphatic carbocycles. The predicted octanol–water partition coefficient (Wildman–Crippen LogP) is 1.88. The van der Waals surface area contributed by atoms with Gasteiger partial charge in [0.25, 0.3) is 0 Å². The lowest BCUT2D eigenvalue weighted by Crippen LogP contribution is -2.13. The number of hydrogen-bond donors (Lipinski definition) is 1. The fraction of sp³-hybridized carbons (Fsp3) is 0.250. The second-order valence-electron chi connectivity index (χ2n) is 4.71. The summed E-state index contributed by atoms with van der Waals surface area (Å²) in [5, 5.41) is 9.14. The van der Waals surface area contributed by atoms with E-state index in [1.165, 1.54) is 43.2 Å². The number of hydrogen-bond acceptors (Lipinski definition) is 6. The molecule has 0 radical (unpaired) electrons. The number of nitrogen functional groups attached to an aromatic ring is 1. The van der Waals surface area contributed by atoms with Crippen LogP contribution in [0, 0.1) is 17.1 Å². The van der Waals surface area contributed by atoms with Crippen molar-refractivity contribution in [3.8, 4) is 17.5 Å². The number of methoxy groups -OCH3 is 2. The highest BCUT2D eigenvalue weighted by Crippen LogP contribution is 2.31. The van der Waals surface area contributed by atoms with Crippen LogP contribution in [0.2, 0.25) is 0 Å². The molecule has 1 heterocycles. The molecule has 2 N–H and O–H groups in total. The van der Waals surface area contributed by atoms with Gasteiger partial charge in [0.05, 0.1) is 30.7 Å². The number of rotatable bonds is 6. The molecule has 0 aliphatic heterocycles. The van der Waals surface area contributed by atoms with Crippen LogP contribution in [0.5, 0.6) is 5.75 Å². The molecule has 0 fully saturated rings. The second-order valence-corrected chi connectivity index (χ2v) is 4.71. The van der Waals surface area contributed by atoms with Crippen molar-refractivity contribution < 1.29 is 23.4 Å². The Morgan fingerprint density at radius 1 is 1.38 bits per heavy atom. The Hall–Kier alpha value is -3.05. The highest BCUT2D eigenvalue weighted by molar-refractivity contribution is 5.96. The lowest BCUT2D eigenvalue weighted by Gasteiger charge is -2.15. The number of anilines is 1. The van der Waals surface area contributed by atoms with Crippen LogP contribution in [0.1, 0.15) is 16.1 Å². The third-order valence-electron chi connectivity index (χ3n) is 3.28. The van der Waals surface area contributed by atoms with Crippen molar-refractivity contribution >= 4 is 11.7 Å². The summed E-state index contributed by atoms with van der Waals surface area (Å²) in [6, 6.07) is 6.10. The first-order chi connectivity index (χ1) is 11.5. The van der Waals surface area contributed by atoms with Gasteiger partial charge in [0, 0.05) is 13.3 Å². The van der Waals surface area contributed by atoms with Gasteiger partial charge in [-0.25, -0.2) is 9.18 Å². The van der Waals surface area contributed by atoms with E-state index in [-0.39, 0.29) is 41.6 Å². The molecule has 24 heavy (non-hydrogen) atoms. The third-order valence-corrected chi connectivity index (χ3v) is 3.28. The molecule has 8 heteroatoms. The number of ether oxygens (including phenoxy) is 3. The smallest absolute Gasteiger partial charge is 0.357 e. The van der Waals surface area contributed by atoms with Crippen LogP contribution < -0.4 is 10.5 Å². The van der Waals surface area contributed by atoms with Crippen LogP contribution in [0.15, 0.2) is 24.4 Å². The van der Waals surface area contributed by atoms with Crippen molar-refractivity contribution in [2.45, 2.75) is 0 Å². The molecule has 0 spiro atoms. The number of esters is 1. The van der Waals surface area contributed by atoms with Crippen LogP contribution in [-0.4, -0.2) is 38.0 Å². The molecule has 0 bridgehead atoms. The van der Waals surface area contributed by atoms with E-state index in [9.17, 15) is 9.18 Å². The summed E-state index contributed by atoms with van der Waals surface area (Å²) >= 11 is 0. The van der Waals surface area contributed by atoms with E-state index in [0.717, 1.165) is 0 Å². The number of aromatic nitrogens is 1. The minimum Gasteiger partial charge on any atom is -0.486 e. The lowest BCUT2D eigenvalue weighted by atomic mass is 10.2. The lowest BCUT2D eigenvalue weighted by molar-refractivity contribution is 0.0593. The molecule has 0 aliphatic rings. The number of nitrogens with two attached hydrogens (primary N) is 1. The second kappa shape index (κ2) is 7.48. The molecule has 0 atom stereocenters. The normalized spacial score (nSPS) is 10.2. The third kappa shape index (κ3) is 3.16. The maximum atomic E-state index is 14.2. The Morgan fingerprint density at radius 3 is 2.75 bits per heavy atom. The average Bonchev–Trinajstić information content (AvgIpc) is 2.92. The average molecular weight is 333 g/mol. The van der Waals surface area contributed by atoms with Gasteiger partial charge < -0.3 is 24.5 Å². The summed E-state index contributed by atoms with van der Waals surface area (Å²) < 4.78 is 30.5. The predicted molar refractivity (Wildman–Crippen MR) is 83.6 cm³/mol. The first-order valence-electron chi connectivity index (χ1n) is 6.95. The number of carbonyl (C=O) groups is 1. The van der Waals surface area contributed by atoms with Crippen molar-refractivity contribution in [1.82, 2.24) is 4.57 Å². The molecule has 0 amide bonds. The van der Waals surface area contributed by atoms with E-state index in [1.807, 2.05) is 6.07 Å². The van der Waals surface area contributed by atoms with E-state index >= 15 is 0 Å². The van der Waals surface area contributed by atoms with E-state index < -0.39 is 11.8 Å². The van der Waals surface area contributed by atoms with Gasteiger partial charge in [0.2, 0.25) is 0 Å². The van der Waals surface area contributed by atoms with E-state index in [1.54, 1.807) is 0 Å². The van der Waals surface area contributed by atoms with Crippen molar-refractivity contribution in [2.24, 2.45) is 0 Å². The number of carbonyl (C=O) groups excluding carboxylic acids is 1. The molecule has 1 aromatic heterocycles. The number of nitrogens with zero attached hydrogens (tertiary/aromatic N) is 2. The van der Waals surface area contributed by atoms with Crippen LogP contribution in [0.3, 0.4) is 0 Å². The SMILES string of the molecule is COCCOc1c(F)cccc1-n1cc(C#N)c(N)c1C(=O)OC. The molecule has 2 aromatic rings. The van der Waals surface area contributed by atoms with Crippen molar-refractivity contribution in [2.75, 3.05) is 33.2 Å². The van der Waals surface area contributed by atoms with Crippen LogP contribution in [0.4, 0.5) is 10.1 Å². The van der Waals surface area contributed by atoms with Crippen LogP contribution in [0.25, 0.3) is 5.69 Å². The minimum absolute atomic E-state index is 0.0450. The summed E-state index contributed by atoms with van der Waals surface area (Å²) in [5.41, 5.74) is 6.02. The Morgan fingerprint density at radius 2 is 2.12 bits per heavy atom. The minimum atomic E-state index is -0.749. The molecule has 0 unspecified atom stereocenters. The van der Waals surface area contributed by atoms with Gasteiger partial charge in [-0.05, 0) is 12.1 Å². The molecule has 0 saturated heterocycles. The highest BCUT2D eigenvalue weighted by Gasteiger charge is 2.24. The molecule has 0 saturated carbocycles. The molecule has 126 valence electrons. The Bertz CT molecular complexity index is 795. The van der Waals surface area contributed by atoms with Crippen LogP contribution in [-0.2, 0) is 9.47 Å². The maximum absolute atomic E-state index is 14.2. The van der Waals surface area contributed by atoms with Gasteiger partial charge in [-0.15, -0.1) is 0 Å².